The predicted octanol–water partition coefficient (Wildman–Crippen LogP) is 1.08. The van der Waals surface area contributed by atoms with E-state index in [0.717, 1.165) is 10.6 Å². The van der Waals surface area contributed by atoms with Crippen LogP contribution in [-0.4, -0.2) is 102 Å². The molecule has 194 valence electrons. The third-order valence-electron chi connectivity index (χ3n) is 6.48. The number of hydrogen-bond acceptors (Lipinski definition) is 8. The highest BCUT2D eigenvalue weighted by molar-refractivity contribution is 6.23. The lowest BCUT2D eigenvalue weighted by atomic mass is 10.0. The summed E-state index contributed by atoms with van der Waals surface area (Å²) in [6, 6.07) is 3.93. The Morgan fingerprint density at radius 2 is 1.78 bits per heavy atom. The molecule has 2 atom stereocenters. The molecule has 0 bridgehead atoms. The van der Waals surface area contributed by atoms with Crippen molar-refractivity contribution in [2.24, 2.45) is 0 Å². The van der Waals surface area contributed by atoms with Gasteiger partial charge in [-0.05, 0) is 59.5 Å². The van der Waals surface area contributed by atoms with E-state index in [1.54, 1.807) is 23.1 Å². The van der Waals surface area contributed by atoms with Crippen LogP contribution in [0.4, 0.5) is 10.5 Å². The number of carbonyl (C=O) groups is 5. The van der Waals surface area contributed by atoms with E-state index in [-0.39, 0.29) is 36.1 Å². The first-order valence-electron chi connectivity index (χ1n) is 12.1. The maximum Gasteiger partial charge on any atom is 0.410 e. The quantitative estimate of drug-likeness (QED) is 0.611. The number of fused-ring (bicyclic) bond motifs is 1. The van der Waals surface area contributed by atoms with Gasteiger partial charge in [0.05, 0.1) is 17.2 Å². The summed E-state index contributed by atoms with van der Waals surface area (Å²) >= 11 is 0. The largest absolute Gasteiger partial charge is 0.444 e. The van der Waals surface area contributed by atoms with Crippen molar-refractivity contribution < 1.29 is 28.7 Å². The van der Waals surface area contributed by atoms with E-state index in [4.69, 9.17) is 4.74 Å². The average Bonchev–Trinajstić information content (AvgIpc) is 3.02. The Hall–Kier alpha value is -3.47. The van der Waals surface area contributed by atoms with Crippen molar-refractivity contribution >= 4 is 35.4 Å². The predicted molar refractivity (Wildman–Crippen MR) is 131 cm³/mol. The van der Waals surface area contributed by atoms with Crippen LogP contribution in [-0.2, 0) is 14.3 Å². The Labute approximate surface area is 210 Å². The normalized spacial score (nSPS) is 22.8. The molecule has 11 nitrogen and oxygen atoms in total. The van der Waals surface area contributed by atoms with Gasteiger partial charge >= 0.3 is 6.09 Å². The van der Waals surface area contributed by atoms with Crippen molar-refractivity contribution in [1.82, 2.24) is 20.0 Å². The maximum atomic E-state index is 13.2. The summed E-state index contributed by atoms with van der Waals surface area (Å²) in [5, 5.41) is 2.21. The molecular formula is C25H33N5O6. The zero-order chi connectivity index (χ0) is 26.4. The van der Waals surface area contributed by atoms with Gasteiger partial charge in [0.15, 0.2) is 0 Å². The fourth-order valence-corrected chi connectivity index (χ4v) is 4.88. The second-order valence-corrected chi connectivity index (χ2v) is 10.7. The Morgan fingerprint density at radius 3 is 2.42 bits per heavy atom. The van der Waals surface area contributed by atoms with Crippen LogP contribution in [0.3, 0.4) is 0 Å². The molecule has 3 heterocycles. The highest BCUT2D eigenvalue weighted by Crippen LogP contribution is 2.31. The Morgan fingerprint density at radius 1 is 1.08 bits per heavy atom. The SMILES string of the molecule is CN(C)C[C@H]1CN(c2ccc3c(c2)C(=O)N(C2CCC(=O)NC2=O)C3=O)CCN1C(=O)OC(C)(C)C. The molecule has 1 unspecified atom stereocenters. The molecule has 0 aromatic heterocycles. The van der Waals surface area contributed by atoms with Gasteiger partial charge in [0.2, 0.25) is 11.8 Å². The van der Waals surface area contributed by atoms with Crippen molar-refractivity contribution in [1.29, 1.82) is 0 Å². The molecule has 11 heteroatoms. The molecule has 1 aromatic rings. The lowest BCUT2D eigenvalue weighted by molar-refractivity contribution is -0.136. The highest BCUT2D eigenvalue weighted by atomic mass is 16.6. The van der Waals surface area contributed by atoms with E-state index in [9.17, 15) is 24.0 Å². The smallest absolute Gasteiger partial charge is 0.410 e. The minimum Gasteiger partial charge on any atom is -0.444 e. The topological polar surface area (TPSA) is 120 Å². The minimum absolute atomic E-state index is 0.0737. The third kappa shape index (κ3) is 5.06. The van der Waals surface area contributed by atoms with Crippen molar-refractivity contribution in [2.75, 3.05) is 45.2 Å². The summed E-state index contributed by atoms with van der Waals surface area (Å²) in [6.45, 7) is 7.63. The van der Waals surface area contributed by atoms with Gasteiger partial charge in [0, 0.05) is 38.3 Å². The number of piperidine rings is 1. The molecule has 3 aliphatic heterocycles. The van der Waals surface area contributed by atoms with Gasteiger partial charge in [0.1, 0.15) is 11.6 Å². The van der Waals surface area contributed by atoms with Crippen LogP contribution in [0.15, 0.2) is 18.2 Å². The van der Waals surface area contributed by atoms with Gasteiger partial charge in [-0.15, -0.1) is 0 Å². The molecule has 0 aliphatic carbocycles. The van der Waals surface area contributed by atoms with Crippen molar-refractivity contribution in [2.45, 2.75) is 51.3 Å². The molecule has 0 saturated carbocycles. The fourth-order valence-electron chi connectivity index (χ4n) is 4.88. The van der Waals surface area contributed by atoms with Gasteiger partial charge in [-0.3, -0.25) is 29.4 Å². The number of benzene rings is 1. The van der Waals surface area contributed by atoms with Gasteiger partial charge in [0.25, 0.3) is 11.8 Å². The fraction of sp³-hybridized carbons (Fsp3) is 0.560. The van der Waals surface area contributed by atoms with Crippen LogP contribution in [0.5, 0.6) is 0 Å². The lowest BCUT2D eigenvalue weighted by Crippen LogP contribution is -2.59. The number of piperazine rings is 1. The molecule has 0 radical (unpaired) electrons. The summed E-state index contributed by atoms with van der Waals surface area (Å²) < 4.78 is 5.61. The van der Waals surface area contributed by atoms with Crippen LogP contribution in [0, 0.1) is 0 Å². The molecule has 4 rings (SSSR count). The standard InChI is InChI=1S/C25H33N5O6/c1-25(2,3)36-24(35)29-11-10-28(14-16(29)13-27(4)5)15-6-7-17-18(12-15)23(34)30(22(17)33)19-8-9-20(31)26-21(19)32/h6-7,12,16,19H,8-11,13-14H2,1-5H3,(H,26,31,32)/t16-,19?/m0/s1. The molecular weight excluding hydrogens is 466 g/mol. The maximum absolute atomic E-state index is 13.2. The van der Waals surface area contributed by atoms with Crippen LogP contribution >= 0.6 is 0 Å². The van der Waals surface area contributed by atoms with E-state index in [1.807, 2.05) is 39.8 Å². The summed E-state index contributed by atoms with van der Waals surface area (Å²) in [4.78, 5) is 69.6. The Balaban J connectivity index is 1.54. The van der Waals surface area contributed by atoms with E-state index in [1.165, 1.54) is 0 Å². The number of nitrogens with one attached hydrogen (secondary N) is 1. The Kier molecular flexibility index (Phi) is 6.78. The van der Waals surface area contributed by atoms with Gasteiger partial charge in [-0.25, -0.2) is 4.79 Å². The molecule has 5 amide bonds. The number of anilines is 1. The molecule has 36 heavy (non-hydrogen) atoms. The summed E-state index contributed by atoms with van der Waals surface area (Å²) in [7, 11) is 3.88. The molecule has 0 spiro atoms. The first-order valence-corrected chi connectivity index (χ1v) is 12.1. The molecule has 1 aromatic carbocycles. The second kappa shape index (κ2) is 9.53. The monoisotopic (exact) mass is 499 g/mol. The minimum atomic E-state index is -1.000. The van der Waals surface area contributed by atoms with E-state index < -0.39 is 35.3 Å². The number of imide groups is 2. The number of rotatable bonds is 4. The van der Waals surface area contributed by atoms with E-state index >= 15 is 0 Å². The summed E-state index contributed by atoms with van der Waals surface area (Å²) in [5.74, 6) is -2.11. The average molecular weight is 500 g/mol. The molecule has 1 N–H and O–H groups in total. The van der Waals surface area contributed by atoms with E-state index in [0.29, 0.717) is 26.2 Å². The van der Waals surface area contributed by atoms with E-state index in [2.05, 4.69) is 10.2 Å². The first kappa shape index (κ1) is 25.6. The third-order valence-corrected chi connectivity index (χ3v) is 6.48. The van der Waals surface area contributed by atoms with Crippen LogP contribution in [0.2, 0.25) is 0 Å². The zero-order valence-electron chi connectivity index (χ0n) is 21.4. The number of amides is 5. The zero-order valence-corrected chi connectivity index (χ0v) is 21.4. The van der Waals surface area contributed by atoms with Crippen LogP contribution in [0.25, 0.3) is 0 Å². The molecule has 2 saturated heterocycles. The highest BCUT2D eigenvalue weighted by Gasteiger charge is 2.45. The van der Waals surface area contributed by atoms with Gasteiger partial charge in [-0.1, -0.05) is 0 Å². The van der Waals surface area contributed by atoms with Crippen molar-refractivity contribution in [3.63, 3.8) is 0 Å². The number of carbonyl (C=O) groups excluding carboxylic acids is 5. The molecule has 3 aliphatic rings. The van der Waals surface area contributed by atoms with Crippen molar-refractivity contribution in [3.8, 4) is 0 Å². The summed E-state index contributed by atoms with van der Waals surface area (Å²) in [6.07, 6.45) is -0.171. The van der Waals surface area contributed by atoms with Crippen LogP contribution < -0.4 is 10.2 Å². The number of nitrogens with zero attached hydrogens (tertiary/aromatic N) is 4. The Bertz CT molecular complexity index is 1110. The lowest BCUT2D eigenvalue weighted by Gasteiger charge is -2.43. The molecule has 2 fully saturated rings. The second-order valence-electron chi connectivity index (χ2n) is 10.7. The first-order chi connectivity index (χ1) is 16.9. The number of ether oxygens (including phenoxy) is 1. The number of hydrogen-bond donors (Lipinski definition) is 1. The number of likely N-dealkylation sites (N-methyl/N-ethyl adjacent to an activating group) is 1. The van der Waals surface area contributed by atoms with Gasteiger partial charge in [-0.2, -0.15) is 0 Å². The van der Waals surface area contributed by atoms with Crippen LogP contribution in [0.1, 0.15) is 54.3 Å². The van der Waals surface area contributed by atoms with Gasteiger partial charge < -0.3 is 19.4 Å². The summed E-state index contributed by atoms with van der Waals surface area (Å²) in [5.41, 5.74) is 0.636. The van der Waals surface area contributed by atoms with Crippen molar-refractivity contribution in [3.05, 3.63) is 29.3 Å².